The number of benzene rings is 1. The standard InChI is InChI=1S/C18H24ClNO3/c1-13-7-9-14(10-8-13)15(19)16(21)20-18(17(22)23-2)11-5-3-4-6-12-18/h7-10,15H,3-6,11-12H2,1-2H3,(H,20,21). The van der Waals surface area contributed by atoms with Crippen LogP contribution in [0.2, 0.25) is 0 Å². The third kappa shape index (κ3) is 4.25. The number of esters is 1. The zero-order valence-corrected chi connectivity index (χ0v) is 14.5. The van der Waals surface area contributed by atoms with Crippen LogP contribution in [0.15, 0.2) is 24.3 Å². The van der Waals surface area contributed by atoms with Crippen molar-refractivity contribution in [3.8, 4) is 0 Å². The SMILES string of the molecule is COC(=O)C1(NC(=O)C(Cl)c2ccc(C)cc2)CCCCCC1. The second-order valence-corrected chi connectivity index (χ2v) is 6.69. The molecular weight excluding hydrogens is 314 g/mol. The van der Waals surface area contributed by atoms with E-state index in [1.807, 2.05) is 31.2 Å². The molecule has 0 heterocycles. The molecule has 1 unspecified atom stereocenters. The first-order valence-electron chi connectivity index (χ1n) is 8.09. The van der Waals surface area contributed by atoms with E-state index >= 15 is 0 Å². The Morgan fingerprint density at radius 2 is 1.70 bits per heavy atom. The van der Waals surface area contributed by atoms with E-state index < -0.39 is 10.9 Å². The van der Waals surface area contributed by atoms with Crippen molar-refractivity contribution in [1.82, 2.24) is 5.32 Å². The lowest BCUT2D eigenvalue weighted by Gasteiger charge is -2.31. The average molecular weight is 338 g/mol. The zero-order valence-electron chi connectivity index (χ0n) is 13.7. The molecule has 1 saturated carbocycles. The van der Waals surface area contributed by atoms with Gasteiger partial charge in [-0.1, -0.05) is 55.5 Å². The van der Waals surface area contributed by atoms with Crippen LogP contribution in [-0.4, -0.2) is 24.5 Å². The van der Waals surface area contributed by atoms with Crippen LogP contribution in [0.25, 0.3) is 0 Å². The van der Waals surface area contributed by atoms with Gasteiger partial charge in [0.2, 0.25) is 5.91 Å². The van der Waals surface area contributed by atoms with Crippen molar-refractivity contribution in [3.63, 3.8) is 0 Å². The molecule has 1 aromatic rings. The number of hydrogen-bond acceptors (Lipinski definition) is 3. The number of nitrogens with one attached hydrogen (secondary N) is 1. The van der Waals surface area contributed by atoms with E-state index in [2.05, 4.69) is 5.32 Å². The molecule has 4 nitrogen and oxygen atoms in total. The van der Waals surface area contributed by atoms with Gasteiger partial charge in [-0.15, -0.1) is 11.6 Å². The summed E-state index contributed by atoms with van der Waals surface area (Å²) in [6.07, 6.45) is 5.12. The molecule has 1 atom stereocenters. The summed E-state index contributed by atoms with van der Waals surface area (Å²) in [7, 11) is 1.36. The minimum atomic E-state index is -0.944. The van der Waals surface area contributed by atoms with Gasteiger partial charge < -0.3 is 10.1 Å². The van der Waals surface area contributed by atoms with Gasteiger partial charge in [-0.2, -0.15) is 0 Å². The molecule has 1 fully saturated rings. The van der Waals surface area contributed by atoms with E-state index in [4.69, 9.17) is 16.3 Å². The monoisotopic (exact) mass is 337 g/mol. The van der Waals surface area contributed by atoms with Gasteiger partial charge in [0.1, 0.15) is 10.9 Å². The number of amides is 1. The van der Waals surface area contributed by atoms with Gasteiger partial charge in [0.25, 0.3) is 0 Å². The van der Waals surface area contributed by atoms with Crippen LogP contribution >= 0.6 is 11.6 Å². The van der Waals surface area contributed by atoms with E-state index in [1.165, 1.54) is 7.11 Å². The Labute approximate surface area is 142 Å². The number of halogens is 1. The van der Waals surface area contributed by atoms with Crippen molar-refractivity contribution in [2.45, 2.75) is 56.4 Å². The van der Waals surface area contributed by atoms with E-state index in [1.54, 1.807) is 0 Å². The Morgan fingerprint density at radius 1 is 1.13 bits per heavy atom. The topological polar surface area (TPSA) is 55.4 Å². The third-order valence-electron chi connectivity index (χ3n) is 4.50. The Hall–Kier alpha value is -1.55. The molecule has 2 rings (SSSR count). The highest BCUT2D eigenvalue weighted by Gasteiger charge is 2.42. The molecule has 1 aliphatic rings. The van der Waals surface area contributed by atoms with Gasteiger partial charge in [-0.25, -0.2) is 4.79 Å². The number of carbonyl (C=O) groups excluding carboxylic acids is 2. The molecule has 1 amide bonds. The average Bonchev–Trinajstić information content (AvgIpc) is 2.80. The van der Waals surface area contributed by atoms with Crippen LogP contribution in [0, 0.1) is 6.92 Å². The fourth-order valence-corrected chi connectivity index (χ4v) is 3.29. The minimum absolute atomic E-state index is 0.345. The predicted molar refractivity (Wildman–Crippen MR) is 90.4 cm³/mol. The van der Waals surface area contributed by atoms with Crippen LogP contribution in [-0.2, 0) is 14.3 Å². The normalized spacial score (nSPS) is 18.6. The molecule has 1 N–H and O–H groups in total. The number of aryl methyl sites for hydroxylation is 1. The van der Waals surface area contributed by atoms with E-state index in [0.29, 0.717) is 12.8 Å². The Bertz CT molecular complexity index is 548. The Balaban J connectivity index is 2.16. The van der Waals surface area contributed by atoms with Crippen LogP contribution in [0.1, 0.15) is 55.0 Å². The summed E-state index contributed by atoms with van der Waals surface area (Å²) < 4.78 is 4.95. The highest BCUT2D eigenvalue weighted by Crippen LogP contribution is 2.30. The zero-order chi connectivity index (χ0) is 16.9. The first-order valence-corrected chi connectivity index (χ1v) is 8.53. The summed E-state index contributed by atoms with van der Waals surface area (Å²) in [5, 5.41) is 2.07. The number of rotatable bonds is 4. The number of carbonyl (C=O) groups is 2. The van der Waals surface area contributed by atoms with Gasteiger partial charge in [0.15, 0.2) is 0 Å². The second-order valence-electron chi connectivity index (χ2n) is 6.25. The fraction of sp³-hybridized carbons (Fsp3) is 0.556. The number of alkyl halides is 1. The number of ether oxygens (including phenoxy) is 1. The second kappa shape index (κ2) is 7.82. The molecular formula is C18H24ClNO3. The maximum atomic E-state index is 12.6. The van der Waals surface area contributed by atoms with Crippen molar-refractivity contribution in [1.29, 1.82) is 0 Å². The number of hydrogen-bond donors (Lipinski definition) is 1. The van der Waals surface area contributed by atoms with Gasteiger partial charge in [0.05, 0.1) is 7.11 Å². The van der Waals surface area contributed by atoms with E-state index in [-0.39, 0.29) is 11.9 Å². The Morgan fingerprint density at radius 3 is 2.22 bits per heavy atom. The quantitative estimate of drug-likeness (QED) is 0.518. The summed E-state index contributed by atoms with van der Waals surface area (Å²) >= 11 is 6.31. The van der Waals surface area contributed by atoms with Gasteiger partial charge in [-0.3, -0.25) is 4.79 Å². The molecule has 23 heavy (non-hydrogen) atoms. The molecule has 5 heteroatoms. The van der Waals surface area contributed by atoms with Crippen molar-refractivity contribution in [2.75, 3.05) is 7.11 Å². The lowest BCUT2D eigenvalue weighted by Crippen LogP contribution is -2.55. The van der Waals surface area contributed by atoms with Crippen LogP contribution in [0.3, 0.4) is 0 Å². The highest BCUT2D eigenvalue weighted by molar-refractivity contribution is 6.31. The smallest absolute Gasteiger partial charge is 0.331 e. The Kier molecular flexibility index (Phi) is 6.05. The van der Waals surface area contributed by atoms with Crippen molar-refractivity contribution in [3.05, 3.63) is 35.4 Å². The lowest BCUT2D eigenvalue weighted by molar-refractivity contribution is -0.151. The fourth-order valence-electron chi connectivity index (χ4n) is 3.09. The molecule has 0 saturated heterocycles. The third-order valence-corrected chi connectivity index (χ3v) is 4.95. The summed E-state index contributed by atoms with van der Waals surface area (Å²) in [6.45, 7) is 1.98. The lowest BCUT2D eigenvalue weighted by atomic mass is 9.89. The van der Waals surface area contributed by atoms with Crippen LogP contribution in [0.4, 0.5) is 0 Å². The highest BCUT2D eigenvalue weighted by atomic mass is 35.5. The van der Waals surface area contributed by atoms with Gasteiger partial charge >= 0.3 is 5.97 Å². The van der Waals surface area contributed by atoms with Crippen molar-refractivity contribution in [2.24, 2.45) is 0 Å². The summed E-state index contributed by atoms with van der Waals surface area (Å²) in [5.74, 6) is -0.719. The molecule has 1 aromatic carbocycles. The van der Waals surface area contributed by atoms with E-state index in [9.17, 15) is 9.59 Å². The molecule has 0 spiro atoms. The molecule has 0 aliphatic heterocycles. The predicted octanol–water partition coefficient (Wildman–Crippen LogP) is 3.66. The van der Waals surface area contributed by atoms with Gasteiger partial charge in [0, 0.05) is 0 Å². The molecule has 0 radical (unpaired) electrons. The first kappa shape index (κ1) is 17.8. The largest absolute Gasteiger partial charge is 0.467 e. The van der Waals surface area contributed by atoms with E-state index in [0.717, 1.165) is 36.8 Å². The summed E-state index contributed by atoms with van der Waals surface area (Å²) in [4.78, 5) is 24.9. The van der Waals surface area contributed by atoms with Crippen LogP contribution < -0.4 is 5.32 Å². The molecule has 1 aliphatic carbocycles. The van der Waals surface area contributed by atoms with Gasteiger partial charge in [-0.05, 0) is 25.3 Å². The maximum Gasteiger partial charge on any atom is 0.331 e. The summed E-state index contributed by atoms with van der Waals surface area (Å²) in [6, 6.07) is 7.51. The minimum Gasteiger partial charge on any atom is -0.467 e. The number of methoxy groups -OCH3 is 1. The maximum absolute atomic E-state index is 12.6. The van der Waals surface area contributed by atoms with Crippen molar-refractivity contribution < 1.29 is 14.3 Å². The first-order chi connectivity index (χ1) is 11.0. The molecule has 126 valence electrons. The molecule has 0 aromatic heterocycles. The summed E-state index contributed by atoms with van der Waals surface area (Å²) in [5.41, 5.74) is 0.886. The molecule has 0 bridgehead atoms. The van der Waals surface area contributed by atoms with Crippen molar-refractivity contribution >= 4 is 23.5 Å². The van der Waals surface area contributed by atoms with Crippen LogP contribution in [0.5, 0.6) is 0 Å².